The summed E-state index contributed by atoms with van der Waals surface area (Å²) in [4.78, 5) is 19.3. The van der Waals surface area contributed by atoms with Crippen LogP contribution in [-0.4, -0.2) is 14.5 Å². The Hall–Kier alpha value is -3.48. The lowest BCUT2D eigenvalue weighted by Crippen LogP contribution is -2.15. The number of nitrogens with one attached hydrogen (secondary N) is 2. The lowest BCUT2D eigenvalue weighted by atomic mass is 10.1. The van der Waals surface area contributed by atoms with Crippen molar-refractivity contribution in [3.05, 3.63) is 77.0 Å². The monoisotopic (exact) mass is 352 g/mol. The van der Waals surface area contributed by atoms with Crippen LogP contribution in [0.1, 0.15) is 0 Å². The highest BCUT2D eigenvalue weighted by molar-refractivity contribution is 5.98. The summed E-state index contributed by atoms with van der Waals surface area (Å²) in [5.41, 5.74) is 2.01. The van der Waals surface area contributed by atoms with Gasteiger partial charge in [-0.1, -0.05) is 0 Å². The van der Waals surface area contributed by atoms with Gasteiger partial charge in [-0.05, 0) is 36.4 Å². The van der Waals surface area contributed by atoms with Crippen LogP contribution in [0, 0.1) is 11.6 Å². The summed E-state index contributed by atoms with van der Waals surface area (Å²) in [5.74, 6) is -0.447. The summed E-state index contributed by atoms with van der Waals surface area (Å²) in [7, 11) is 1.66. The third-order valence-corrected chi connectivity index (χ3v) is 4.17. The molecule has 2 N–H and O–H groups in total. The quantitative estimate of drug-likeness (QED) is 0.587. The highest BCUT2D eigenvalue weighted by Crippen LogP contribution is 2.33. The average molecular weight is 352 g/mol. The number of rotatable bonds is 3. The molecule has 3 aromatic heterocycles. The number of hydrogen-bond donors (Lipinski definition) is 2. The van der Waals surface area contributed by atoms with E-state index in [0.29, 0.717) is 33.5 Å². The molecule has 0 saturated carbocycles. The molecule has 0 aliphatic carbocycles. The number of hydrogen-bond acceptors (Lipinski definition) is 3. The molecule has 7 heteroatoms. The van der Waals surface area contributed by atoms with Crippen LogP contribution in [0.2, 0.25) is 0 Å². The highest BCUT2D eigenvalue weighted by atomic mass is 19.1. The number of benzene rings is 1. The molecule has 0 unspecified atom stereocenters. The van der Waals surface area contributed by atoms with Crippen molar-refractivity contribution in [1.29, 1.82) is 0 Å². The topological polar surface area (TPSA) is 62.7 Å². The lowest BCUT2D eigenvalue weighted by Gasteiger charge is -2.11. The summed E-state index contributed by atoms with van der Waals surface area (Å²) in [5, 5.41) is 3.73. The van der Waals surface area contributed by atoms with Crippen molar-refractivity contribution in [2.45, 2.75) is 0 Å². The van der Waals surface area contributed by atoms with E-state index in [1.807, 2.05) is 0 Å². The fraction of sp³-hybridized carbons (Fsp3) is 0.0526. The van der Waals surface area contributed by atoms with E-state index in [-0.39, 0.29) is 11.4 Å². The van der Waals surface area contributed by atoms with Gasteiger partial charge >= 0.3 is 0 Å². The van der Waals surface area contributed by atoms with Gasteiger partial charge in [-0.25, -0.2) is 13.8 Å². The third kappa shape index (κ3) is 2.73. The minimum atomic E-state index is -0.497. The van der Waals surface area contributed by atoms with E-state index < -0.39 is 5.82 Å². The fourth-order valence-electron chi connectivity index (χ4n) is 2.85. The van der Waals surface area contributed by atoms with Crippen LogP contribution in [0.25, 0.3) is 22.0 Å². The molecule has 0 aliphatic rings. The van der Waals surface area contributed by atoms with Crippen molar-refractivity contribution in [1.82, 2.24) is 14.5 Å². The van der Waals surface area contributed by atoms with Gasteiger partial charge < -0.3 is 14.9 Å². The molecule has 0 aliphatic heterocycles. The Bertz CT molecular complexity index is 1160. The van der Waals surface area contributed by atoms with Crippen LogP contribution in [0.3, 0.4) is 0 Å². The van der Waals surface area contributed by atoms with Crippen LogP contribution in [0.5, 0.6) is 0 Å². The SMILES string of the molecule is Cn1ccc2c(-c3cc(F)cnc3Nc3ccc(F)cc3)c[nH]c2c1=O. The molecule has 3 heterocycles. The smallest absolute Gasteiger partial charge is 0.274 e. The number of anilines is 2. The minimum Gasteiger partial charge on any atom is -0.356 e. The van der Waals surface area contributed by atoms with Gasteiger partial charge in [0.25, 0.3) is 5.56 Å². The summed E-state index contributed by atoms with van der Waals surface area (Å²) >= 11 is 0. The maximum atomic E-state index is 13.9. The van der Waals surface area contributed by atoms with Gasteiger partial charge in [0.1, 0.15) is 23.0 Å². The van der Waals surface area contributed by atoms with Gasteiger partial charge in [0.15, 0.2) is 0 Å². The maximum absolute atomic E-state index is 13.9. The van der Waals surface area contributed by atoms with E-state index in [1.165, 1.54) is 22.8 Å². The molecular formula is C19H14F2N4O. The molecule has 0 bridgehead atoms. The second-order valence-electron chi connectivity index (χ2n) is 5.90. The van der Waals surface area contributed by atoms with Gasteiger partial charge in [0.05, 0.1) is 6.20 Å². The third-order valence-electron chi connectivity index (χ3n) is 4.17. The summed E-state index contributed by atoms with van der Waals surface area (Å²) < 4.78 is 28.4. The van der Waals surface area contributed by atoms with E-state index in [2.05, 4.69) is 15.3 Å². The predicted octanol–water partition coefficient (Wildman–Crippen LogP) is 3.95. The molecule has 1 aromatic carbocycles. The molecule has 0 radical (unpaired) electrons. The lowest BCUT2D eigenvalue weighted by molar-refractivity contribution is 0.622. The number of aromatic amines is 1. The summed E-state index contributed by atoms with van der Waals surface area (Å²) in [6, 6.07) is 8.90. The number of pyridine rings is 2. The van der Waals surface area contributed by atoms with Crippen molar-refractivity contribution in [3.8, 4) is 11.1 Å². The van der Waals surface area contributed by atoms with Gasteiger partial charge in [0.2, 0.25) is 0 Å². The van der Waals surface area contributed by atoms with E-state index in [1.54, 1.807) is 37.6 Å². The van der Waals surface area contributed by atoms with Crippen LogP contribution in [0.15, 0.2) is 59.8 Å². The zero-order valence-corrected chi connectivity index (χ0v) is 13.8. The molecule has 0 spiro atoms. The molecule has 4 aromatic rings. The van der Waals surface area contributed by atoms with Crippen LogP contribution in [0.4, 0.5) is 20.3 Å². The van der Waals surface area contributed by atoms with Crippen LogP contribution < -0.4 is 10.9 Å². The van der Waals surface area contributed by atoms with Crippen LogP contribution >= 0.6 is 0 Å². The first-order chi connectivity index (χ1) is 12.5. The van der Waals surface area contributed by atoms with Gasteiger partial charge in [-0.15, -0.1) is 0 Å². The normalized spacial score (nSPS) is 11.0. The molecule has 5 nitrogen and oxygen atoms in total. The molecule has 4 rings (SSSR count). The Morgan fingerprint density at radius 3 is 2.62 bits per heavy atom. The first-order valence-corrected chi connectivity index (χ1v) is 7.88. The average Bonchev–Trinajstić information content (AvgIpc) is 3.06. The van der Waals surface area contributed by atoms with Crippen LogP contribution in [-0.2, 0) is 7.05 Å². The molecule has 130 valence electrons. The van der Waals surface area contributed by atoms with Crippen molar-refractivity contribution < 1.29 is 8.78 Å². The number of aromatic nitrogens is 3. The van der Waals surface area contributed by atoms with Gasteiger partial charge in [-0.2, -0.15) is 0 Å². The van der Waals surface area contributed by atoms with Crippen molar-refractivity contribution in [3.63, 3.8) is 0 Å². The Labute approximate surface area is 146 Å². The second kappa shape index (κ2) is 6.11. The number of H-pyrrole nitrogens is 1. The largest absolute Gasteiger partial charge is 0.356 e. The Morgan fingerprint density at radius 2 is 1.85 bits per heavy atom. The molecular weight excluding hydrogens is 338 g/mol. The predicted molar refractivity (Wildman–Crippen MR) is 96.4 cm³/mol. The number of nitrogens with zero attached hydrogens (tertiary/aromatic N) is 2. The van der Waals surface area contributed by atoms with Crippen molar-refractivity contribution in [2.75, 3.05) is 5.32 Å². The molecule has 0 fully saturated rings. The number of aryl methyl sites for hydroxylation is 1. The molecule has 0 amide bonds. The maximum Gasteiger partial charge on any atom is 0.274 e. The Kier molecular flexibility index (Phi) is 3.76. The van der Waals surface area contributed by atoms with E-state index in [0.717, 1.165) is 6.20 Å². The van der Waals surface area contributed by atoms with E-state index in [9.17, 15) is 13.6 Å². The Morgan fingerprint density at radius 1 is 1.08 bits per heavy atom. The molecule has 26 heavy (non-hydrogen) atoms. The van der Waals surface area contributed by atoms with Crippen molar-refractivity contribution >= 4 is 22.4 Å². The van der Waals surface area contributed by atoms with E-state index >= 15 is 0 Å². The first-order valence-electron chi connectivity index (χ1n) is 7.88. The molecule has 0 saturated heterocycles. The standard InChI is InChI=1S/C19H14F2N4O/c1-25-7-6-14-16(10-22-17(14)19(25)26)15-8-12(21)9-23-18(15)24-13-4-2-11(20)3-5-13/h2-10,22H,1H3,(H,23,24). The summed E-state index contributed by atoms with van der Waals surface area (Å²) in [6.07, 6.45) is 4.41. The van der Waals surface area contributed by atoms with Crippen molar-refractivity contribution in [2.24, 2.45) is 7.05 Å². The summed E-state index contributed by atoms with van der Waals surface area (Å²) in [6.45, 7) is 0. The van der Waals surface area contributed by atoms with E-state index in [4.69, 9.17) is 0 Å². The number of halogens is 2. The molecule has 0 atom stereocenters. The first kappa shape index (κ1) is 16.0. The zero-order valence-electron chi connectivity index (χ0n) is 13.8. The highest BCUT2D eigenvalue weighted by Gasteiger charge is 2.15. The minimum absolute atomic E-state index is 0.175. The zero-order chi connectivity index (χ0) is 18.3. The van der Waals surface area contributed by atoms with Gasteiger partial charge in [-0.3, -0.25) is 4.79 Å². The Balaban J connectivity index is 1.86. The van der Waals surface area contributed by atoms with Gasteiger partial charge in [0, 0.05) is 41.6 Å². The fourth-order valence-corrected chi connectivity index (χ4v) is 2.85. The number of fused-ring (bicyclic) bond motifs is 1. The second-order valence-corrected chi connectivity index (χ2v) is 5.90.